The van der Waals surface area contributed by atoms with E-state index in [9.17, 15) is 19.2 Å². The topological polar surface area (TPSA) is 84.0 Å². The van der Waals surface area contributed by atoms with Gasteiger partial charge in [-0.3, -0.25) is 19.2 Å². The monoisotopic (exact) mass is 478 g/mol. The van der Waals surface area contributed by atoms with Crippen molar-refractivity contribution >= 4 is 23.6 Å². The fraction of sp³-hybridized carbons (Fsp3) is 0.571. The number of hydrogen-bond donors (Lipinski definition) is 0. The Morgan fingerprint density at radius 1 is 0.943 bits per heavy atom. The fourth-order valence-electron chi connectivity index (χ4n) is 7.40. The quantitative estimate of drug-likeness (QED) is 0.299. The molecule has 7 heteroatoms. The largest absolute Gasteiger partial charge is 0.272 e. The van der Waals surface area contributed by atoms with Gasteiger partial charge >= 0.3 is 0 Å². The maximum absolute atomic E-state index is 13.5. The van der Waals surface area contributed by atoms with Crippen LogP contribution in [0, 0.1) is 52.8 Å². The van der Waals surface area contributed by atoms with Gasteiger partial charge in [0.1, 0.15) is 0 Å². The molecule has 4 fully saturated rings. The third-order valence-electron chi connectivity index (χ3n) is 9.09. The number of hydroxylamine groups is 4. The van der Waals surface area contributed by atoms with Crippen LogP contribution < -0.4 is 0 Å². The van der Waals surface area contributed by atoms with Gasteiger partial charge in [-0.1, -0.05) is 50.3 Å². The molecule has 9 unspecified atom stereocenters. The molecule has 2 saturated heterocycles. The molecule has 0 N–H and O–H groups in total. The van der Waals surface area contributed by atoms with Crippen molar-refractivity contribution in [2.24, 2.45) is 52.8 Å². The second kappa shape index (κ2) is 8.70. The van der Waals surface area contributed by atoms with Crippen LogP contribution >= 0.6 is 0 Å². The first-order valence-electron chi connectivity index (χ1n) is 12.7. The average Bonchev–Trinajstić information content (AvgIpc) is 3.48. The van der Waals surface area contributed by atoms with Crippen molar-refractivity contribution in [2.75, 3.05) is 0 Å². The molecule has 5 rings (SSSR count). The maximum Gasteiger partial charge on any atom is 0.260 e. The van der Waals surface area contributed by atoms with Crippen LogP contribution in [0.4, 0.5) is 0 Å². The van der Waals surface area contributed by atoms with Gasteiger partial charge in [0.05, 0.1) is 23.7 Å². The lowest BCUT2D eigenvalue weighted by Gasteiger charge is -2.37. The number of nitrogens with zero attached hydrogens (tertiary/aromatic N) is 2. The standard InChI is InChI=1S/C28H34N2O5/c1-5-7-8-9-10-17-14-16(3)20-21(17)25(32)29(24(20)31)35-30-26(33)22-18-11-13-28(4,12-6-2)19(15-18)23(22)27(30)34/h5-6,9-11,13,16-23H,1-2,7-8,12,14-15H2,3-4H3/b10-9-. The molecule has 4 amide bonds. The summed E-state index contributed by atoms with van der Waals surface area (Å²) in [7, 11) is 0. The summed E-state index contributed by atoms with van der Waals surface area (Å²) in [6.45, 7) is 11.6. The SMILES string of the molecule is C=CCC/C=C\C1CC(C)C2C(=O)N(ON3C(=O)C4C5C=CC(C)(CC=C)C(C5)C4C3=O)C(=O)C12. The van der Waals surface area contributed by atoms with Gasteiger partial charge < -0.3 is 0 Å². The zero-order valence-corrected chi connectivity index (χ0v) is 20.5. The van der Waals surface area contributed by atoms with E-state index < -0.39 is 47.3 Å². The lowest BCUT2D eigenvalue weighted by Crippen LogP contribution is -2.45. The summed E-state index contributed by atoms with van der Waals surface area (Å²) in [4.78, 5) is 59.0. The molecular formula is C28H34N2O5. The number of allylic oxidation sites excluding steroid dienone is 6. The summed E-state index contributed by atoms with van der Waals surface area (Å²) in [6, 6.07) is 0. The van der Waals surface area contributed by atoms with E-state index in [2.05, 4.69) is 26.2 Å². The maximum atomic E-state index is 13.5. The molecule has 186 valence electrons. The fourth-order valence-corrected chi connectivity index (χ4v) is 7.40. The van der Waals surface area contributed by atoms with Crippen LogP contribution in [0.2, 0.25) is 0 Å². The van der Waals surface area contributed by atoms with E-state index in [1.165, 1.54) is 0 Å². The summed E-state index contributed by atoms with van der Waals surface area (Å²) in [5.74, 6) is -3.98. The van der Waals surface area contributed by atoms with Gasteiger partial charge in [-0.05, 0) is 61.2 Å². The molecule has 2 saturated carbocycles. The van der Waals surface area contributed by atoms with Gasteiger partial charge in [-0.2, -0.15) is 0 Å². The van der Waals surface area contributed by atoms with Crippen molar-refractivity contribution in [1.82, 2.24) is 10.1 Å². The molecule has 9 atom stereocenters. The predicted molar refractivity (Wildman–Crippen MR) is 128 cm³/mol. The minimum absolute atomic E-state index is 0.00701. The summed E-state index contributed by atoms with van der Waals surface area (Å²) < 4.78 is 0. The summed E-state index contributed by atoms with van der Waals surface area (Å²) in [5, 5.41) is 1.40. The Kier molecular flexibility index (Phi) is 5.94. The number of carbonyl (C=O) groups is 4. The Labute approximate surface area is 206 Å². The highest BCUT2D eigenvalue weighted by Gasteiger charge is 2.65. The van der Waals surface area contributed by atoms with Gasteiger partial charge in [-0.25, -0.2) is 0 Å². The van der Waals surface area contributed by atoms with Crippen molar-refractivity contribution in [3.63, 3.8) is 0 Å². The summed E-state index contributed by atoms with van der Waals surface area (Å²) in [5.41, 5.74) is -0.263. The Hall–Kier alpha value is -2.80. The van der Waals surface area contributed by atoms with Gasteiger partial charge in [0.15, 0.2) is 0 Å². The first-order chi connectivity index (χ1) is 16.7. The third kappa shape index (κ3) is 3.50. The van der Waals surface area contributed by atoms with E-state index in [0.717, 1.165) is 25.7 Å². The molecule has 2 heterocycles. The smallest absolute Gasteiger partial charge is 0.260 e. The molecule has 35 heavy (non-hydrogen) atoms. The molecule has 2 aliphatic heterocycles. The van der Waals surface area contributed by atoms with Crippen molar-refractivity contribution in [2.45, 2.75) is 46.0 Å². The van der Waals surface area contributed by atoms with E-state index in [-0.39, 0.29) is 29.1 Å². The Bertz CT molecular complexity index is 1050. The Morgan fingerprint density at radius 3 is 2.29 bits per heavy atom. The van der Waals surface area contributed by atoms with E-state index in [4.69, 9.17) is 4.94 Å². The first-order valence-corrected chi connectivity index (χ1v) is 12.7. The molecule has 7 nitrogen and oxygen atoms in total. The van der Waals surface area contributed by atoms with Crippen molar-refractivity contribution in [3.8, 4) is 0 Å². The molecule has 0 spiro atoms. The van der Waals surface area contributed by atoms with Gasteiger partial charge in [0.2, 0.25) is 0 Å². The van der Waals surface area contributed by atoms with Gasteiger partial charge in [0, 0.05) is 0 Å². The zero-order valence-electron chi connectivity index (χ0n) is 20.5. The van der Waals surface area contributed by atoms with E-state index >= 15 is 0 Å². The number of carbonyl (C=O) groups excluding carboxylic acids is 4. The molecular weight excluding hydrogens is 444 g/mol. The third-order valence-corrected chi connectivity index (χ3v) is 9.09. The van der Waals surface area contributed by atoms with Crippen molar-refractivity contribution in [1.29, 1.82) is 0 Å². The number of hydrogen-bond acceptors (Lipinski definition) is 5. The van der Waals surface area contributed by atoms with E-state index in [0.29, 0.717) is 16.5 Å². The van der Waals surface area contributed by atoms with Crippen LogP contribution in [0.3, 0.4) is 0 Å². The highest BCUT2D eigenvalue weighted by atomic mass is 16.9. The molecule has 0 radical (unpaired) electrons. The van der Waals surface area contributed by atoms with Crippen LogP contribution in [0.15, 0.2) is 49.6 Å². The highest BCUT2D eigenvalue weighted by Crippen LogP contribution is 2.59. The molecule has 0 aromatic heterocycles. The van der Waals surface area contributed by atoms with Crippen molar-refractivity contribution in [3.05, 3.63) is 49.6 Å². The minimum atomic E-state index is -0.525. The van der Waals surface area contributed by atoms with Gasteiger partial charge in [-0.15, -0.1) is 28.2 Å². The Morgan fingerprint density at radius 2 is 1.60 bits per heavy atom. The van der Waals surface area contributed by atoms with Gasteiger partial charge in [0.25, 0.3) is 23.6 Å². The van der Waals surface area contributed by atoms with Crippen LogP contribution in [0.5, 0.6) is 0 Å². The predicted octanol–water partition coefficient (Wildman–Crippen LogP) is 4.00. The lowest BCUT2D eigenvalue weighted by atomic mass is 9.67. The number of fused-ring (bicyclic) bond motifs is 6. The summed E-state index contributed by atoms with van der Waals surface area (Å²) in [6.07, 6.45) is 15.8. The number of imide groups is 2. The zero-order chi connectivity index (χ0) is 25.1. The van der Waals surface area contributed by atoms with E-state index in [1.54, 1.807) is 0 Å². The summed E-state index contributed by atoms with van der Waals surface area (Å²) >= 11 is 0. The molecule has 0 aromatic rings. The van der Waals surface area contributed by atoms with Crippen LogP contribution in [0.25, 0.3) is 0 Å². The second-order valence-electron chi connectivity index (χ2n) is 11.2. The highest BCUT2D eigenvalue weighted by molar-refractivity contribution is 6.07. The molecule has 2 bridgehead atoms. The number of rotatable bonds is 8. The lowest BCUT2D eigenvalue weighted by molar-refractivity contribution is -0.272. The van der Waals surface area contributed by atoms with E-state index in [1.807, 2.05) is 37.3 Å². The number of unbranched alkanes of at least 4 members (excludes halogenated alkanes) is 1. The van der Waals surface area contributed by atoms with Crippen LogP contribution in [-0.2, 0) is 24.1 Å². The second-order valence-corrected chi connectivity index (χ2v) is 11.2. The molecule has 3 aliphatic carbocycles. The number of amides is 4. The molecule has 5 aliphatic rings. The van der Waals surface area contributed by atoms with Crippen LogP contribution in [-0.4, -0.2) is 33.8 Å². The first kappa shape index (κ1) is 23.9. The normalized spacial score (nSPS) is 41.9. The average molecular weight is 479 g/mol. The van der Waals surface area contributed by atoms with Crippen molar-refractivity contribution < 1.29 is 24.1 Å². The molecule has 0 aromatic carbocycles. The minimum Gasteiger partial charge on any atom is -0.272 e. The Balaban J connectivity index is 1.35. The van der Waals surface area contributed by atoms with Crippen LogP contribution in [0.1, 0.15) is 46.0 Å².